The fourth-order valence-corrected chi connectivity index (χ4v) is 2.43. The number of rotatable bonds is 5. The summed E-state index contributed by atoms with van der Waals surface area (Å²) in [4.78, 5) is 11.9. The Kier molecular flexibility index (Phi) is 4.22. The van der Waals surface area contributed by atoms with Gasteiger partial charge >= 0.3 is 0 Å². The van der Waals surface area contributed by atoms with Crippen molar-refractivity contribution < 1.29 is 15.0 Å². The Morgan fingerprint density at radius 1 is 1.26 bits per heavy atom. The topological polar surface area (TPSA) is 69.6 Å². The van der Waals surface area contributed by atoms with Crippen LogP contribution in [0.15, 0.2) is 18.2 Å². The lowest BCUT2D eigenvalue weighted by molar-refractivity contribution is -0.123. The van der Waals surface area contributed by atoms with Gasteiger partial charge in [0.05, 0.1) is 25.2 Å². The molecule has 1 aromatic rings. The van der Waals surface area contributed by atoms with Gasteiger partial charge in [-0.3, -0.25) is 4.79 Å². The van der Waals surface area contributed by atoms with Crippen molar-refractivity contribution in [3.8, 4) is 0 Å². The molecule has 0 radical (unpaired) electrons. The summed E-state index contributed by atoms with van der Waals surface area (Å²) in [5.41, 5.74) is 2.77. The maximum atomic E-state index is 11.9. The van der Waals surface area contributed by atoms with E-state index in [1.165, 1.54) is 17.5 Å². The normalized spacial score (nSPS) is 14.3. The molecule has 0 saturated carbocycles. The van der Waals surface area contributed by atoms with Gasteiger partial charge in [0.1, 0.15) is 0 Å². The van der Waals surface area contributed by atoms with Crippen molar-refractivity contribution >= 4 is 5.91 Å². The lowest BCUT2D eigenvalue weighted by Crippen LogP contribution is -2.52. The van der Waals surface area contributed by atoms with Crippen molar-refractivity contribution in [1.82, 2.24) is 5.32 Å². The molecule has 104 valence electrons. The first-order chi connectivity index (χ1) is 9.06. The maximum absolute atomic E-state index is 11.9. The van der Waals surface area contributed by atoms with Gasteiger partial charge in [-0.1, -0.05) is 18.2 Å². The number of benzene rings is 1. The highest BCUT2D eigenvalue weighted by Gasteiger charge is 2.24. The van der Waals surface area contributed by atoms with Gasteiger partial charge in [-0.25, -0.2) is 0 Å². The molecule has 1 aliphatic rings. The number of aliphatic hydroxyl groups is 2. The molecule has 1 amide bonds. The summed E-state index contributed by atoms with van der Waals surface area (Å²) in [6.07, 6.45) is 3.70. The molecule has 0 unspecified atom stereocenters. The van der Waals surface area contributed by atoms with E-state index in [1.807, 2.05) is 6.07 Å². The first-order valence-electron chi connectivity index (χ1n) is 6.70. The number of nitrogens with one attached hydrogen (secondary N) is 1. The van der Waals surface area contributed by atoms with Crippen LogP contribution in [0, 0.1) is 0 Å². The van der Waals surface area contributed by atoms with Crippen molar-refractivity contribution in [2.45, 2.75) is 38.1 Å². The zero-order chi connectivity index (χ0) is 13.9. The van der Waals surface area contributed by atoms with Crippen molar-refractivity contribution in [3.05, 3.63) is 34.9 Å². The van der Waals surface area contributed by atoms with E-state index in [-0.39, 0.29) is 25.5 Å². The minimum absolute atomic E-state index is 0.177. The predicted octanol–water partition coefficient (Wildman–Crippen LogP) is 0.577. The standard InChI is InChI=1S/C15H21NO3/c1-15(9-17,10-18)16-14(19)8-11-5-6-12-3-2-4-13(12)7-11/h5-7,17-18H,2-4,8-10H2,1H3,(H,16,19). The number of hydrogen-bond acceptors (Lipinski definition) is 3. The van der Waals surface area contributed by atoms with E-state index >= 15 is 0 Å². The summed E-state index contributed by atoms with van der Waals surface area (Å²) in [5.74, 6) is -0.177. The van der Waals surface area contributed by atoms with E-state index in [1.54, 1.807) is 6.92 Å². The average Bonchev–Trinajstić information content (AvgIpc) is 2.85. The lowest BCUT2D eigenvalue weighted by Gasteiger charge is -2.26. The van der Waals surface area contributed by atoms with Crippen LogP contribution in [0.1, 0.15) is 30.0 Å². The maximum Gasteiger partial charge on any atom is 0.224 e. The molecule has 0 heterocycles. The van der Waals surface area contributed by atoms with Gasteiger partial charge in [0, 0.05) is 0 Å². The number of fused-ring (bicyclic) bond motifs is 1. The van der Waals surface area contributed by atoms with E-state index < -0.39 is 5.54 Å². The summed E-state index contributed by atoms with van der Waals surface area (Å²) in [7, 11) is 0. The smallest absolute Gasteiger partial charge is 0.224 e. The van der Waals surface area contributed by atoms with Gasteiger partial charge in [0.15, 0.2) is 0 Å². The number of carbonyl (C=O) groups excluding carboxylic acids is 1. The number of aliphatic hydroxyl groups excluding tert-OH is 2. The second-order valence-electron chi connectivity index (χ2n) is 5.56. The Bertz CT molecular complexity index is 466. The molecule has 4 heteroatoms. The molecule has 0 saturated heterocycles. The summed E-state index contributed by atoms with van der Waals surface area (Å²) in [6, 6.07) is 6.18. The molecule has 0 aliphatic heterocycles. The van der Waals surface area contributed by atoms with Crippen LogP contribution >= 0.6 is 0 Å². The van der Waals surface area contributed by atoms with E-state index in [9.17, 15) is 4.79 Å². The molecule has 0 fully saturated rings. The summed E-state index contributed by atoms with van der Waals surface area (Å²) in [6.45, 7) is 1.06. The lowest BCUT2D eigenvalue weighted by atomic mass is 10.0. The Hall–Kier alpha value is -1.39. The summed E-state index contributed by atoms with van der Waals surface area (Å²) < 4.78 is 0. The molecule has 2 rings (SSSR count). The molecule has 0 spiro atoms. The molecular formula is C15H21NO3. The molecule has 4 nitrogen and oxygen atoms in total. The van der Waals surface area contributed by atoms with Crippen molar-refractivity contribution in [3.63, 3.8) is 0 Å². The zero-order valence-electron chi connectivity index (χ0n) is 11.3. The Morgan fingerprint density at radius 2 is 1.95 bits per heavy atom. The average molecular weight is 263 g/mol. The van der Waals surface area contributed by atoms with Crippen LogP contribution in [0.3, 0.4) is 0 Å². The second kappa shape index (κ2) is 5.72. The van der Waals surface area contributed by atoms with Gasteiger partial charge in [-0.15, -0.1) is 0 Å². The summed E-state index contributed by atoms with van der Waals surface area (Å²) in [5, 5.41) is 21.0. The fraction of sp³-hybridized carbons (Fsp3) is 0.533. The molecule has 1 aliphatic carbocycles. The van der Waals surface area contributed by atoms with Crippen LogP contribution < -0.4 is 5.32 Å². The molecule has 19 heavy (non-hydrogen) atoms. The quantitative estimate of drug-likeness (QED) is 0.727. The Morgan fingerprint density at radius 3 is 2.63 bits per heavy atom. The van der Waals surface area contributed by atoms with Gasteiger partial charge in [0.25, 0.3) is 0 Å². The van der Waals surface area contributed by atoms with Crippen molar-refractivity contribution in [2.24, 2.45) is 0 Å². The molecule has 0 atom stereocenters. The molecule has 0 bridgehead atoms. The number of aryl methyl sites for hydroxylation is 2. The van der Waals surface area contributed by atoms with E-state index in [4.69, 9.17) is 10.2 Å². The highest BCUT2D eigenvalue weighted by Crippen LogP contribution is 2.23. The largest absolute Gasteiger partial charge is 0.394 e. The number of carbonyl (C=O) groups is 1. The number of hydrogen-bond donors (Lipinski definition) is 3. The van der Waals surface area contributed by atoms with Crippen LogP contribution in [-0.2, 0) is 24.1 Å². The van der Waals surface area contributed by atoms with Gasteiger partial charge in [0.2, 0.25) is 5.91 Å². The highest BCUT2D eigenvalue weighted by atomic mass is 16.3. The molecule has 1 aromatic carbocycles. The van der Waals surface area contributed by atoms with Crippen LogP contribution in [0.5, 0.6) is 0 Å². The third kappa shape index (κ3) is 3.33. The second-order valence-corrected chi connectivity index (χ2v) is 5.56. The van der Waals surface area contributed by atoms with Gasteiger partial charge in [-0.2, -0.15) is 0 Å². The predicted molar refractivity (Wildman–Crippen MR) is 72.9 cm³/mol. The third-order valence-corrected chi connectivity index (χ3v) is 3.67. The monoisotopic (exact) mass is 263 g/mol. The third-order valence-electron chi connectivity index (χ3n) is 3.67. The van der Waals surface area contributed by atoms with E-state index in [0.29, 0.717) is 0 Å². The SMILES string of the molecule is CC(CO)(CO)NC(=O)Cc1ccc2c(c1)CCC2. The Balaban J connectivity index is 1.99. The highest BCUT2D eigenvalue weighted by molar-refractivity contribution is 5.79. The van der Waals surface area contributed by atoms with Crippen LogP contribution in [0.4, 0.5) is 0 Å². The summed E-state index contributed by atoms with van der Waals surface area (Å²) >= 11 is 0. The minimum atomic E-state index is -0.951. The van der Waals surface area contributed by atoms with Gasteiger partial charge < -0.3 is 15.5 Å². The van der Waals surface area contributed by atoms with E-state index in [2.05, 4.69) is 17.4 Å². The fourth-order valence-electron chi connectivity index (χ4n) is 2.43. The van der Waals surface area contributed by atoms with Crippen molar-refractivity contribution in [2.75, 3.05) is 13.2 Å². The van der Waals surface area contributed by atoms with Crippen molar-refractivity contribution in [1.29, 1.82) is 0 Å². The first kappa shape index (κ1) is 14.0. The Labute approximate surface area is 113 Å². The van der Waals surface area contributed by atoms with Crippen LogP contribution in [0.2, 0.25) is 0 Å². The minimum Gasteiger partial charge on any atom is -0.394 e. The molecular weight excluding hydrogens is 242 g/mol. The number of amides is 1. The van der Waals surface area contributed by atoms with E-state index in [0.717, 1.165) is 18.4 Å². The first-order valence-corrected chi connectivity index (χ1v) is 6.70. The van der Waals surface area contributed by atoms with Gasteiger partial charge in [-0.05, 0) is 42.9 Å². The molecule has 0 aromatic heterocycles. The molecule has 3 N–H and O–H groups in total. The van der Waals surface area contributed by atoms with Crippen LogP contribution in [-0.4, -0.2) is 34.9 Å². The van der Waals surface area contributed by atoms with Crippen LogP contribution in [0.25, 0.3) is 0 Å². The zero-order valence-corrected chi connectivity index (χ0v) is 11.3.